The highest BCUT2D eigenvalue weighted by Gasteiger charge is 2.36. The van der Waals surface area contributed by atoms with Crippen molar-refractivity contribution in [3.05, 3.63) is 10.4 Å². The Kier molecular flexibility index (Phi) is 2.31. The fraction of sp³-hybridized carbons (Fsp3) is 1.00. The van der Waals surface area contributed by atoms with E-state index in [1.54, 1.807) is 0 Å². The largest absolute Gasteiger partial charge is 0.619 e. The summed E-state index contributed by atoms with van der Waals surface area (Å²) < 4.78 is -0.431. The van der Waals surface area contributed by atoms with Crippen molar-refractivity contribution in [1.82, 2.24) is 0 Å². The van der Waals surface area contributed by atoms with Gasteiger partial charge in [0.15, 0.2) is 0 Å². The zero-order valence-corrected chi connectivity index (χ0v) is 8.40. The summed E-state index contributed by atoms with van der Waals surface area (Å²) in [6.45, 7) is 2.71. The highest BCUT2D eigenvalue weighted by Crippen LogP contribution is 2.45. The van der Waals surface area contributed by atoms with Crippen LogP contribution in [-0.4, -0.2) is 34.3 Å². The molecule has 0 spiro atoms. The third-order valence-electron chi connectivity index (χ3n) is 2.30. The van der Waals surface area contributed by atoms with Crippen LogP contribution in [0, 0.1) is 10.4 Å². The first-order chi connectivity index (χ1) is 5.62. The van der Waals surface area contributed by atoms with Crippen LogP contribution in [-0.2, 0) is 0 Å². The van der Waals surface area contributed by atoms with Crippen LogP contribution in [0.15, 0.2) is 0 Å². The summed E-state index contributed by atoms with van der Waals surface area (Å²) in [6, 6.07) is 0. The van der Waals surface area contributed by atoms with E-state index in [2.05, 4.69) is 0 Å². The monoisotopic (exact) mass is 208 g/mol. The molecule has 0 N–H and O–H groups in total. The van der Waals surface area contributed by atoms with E-state index in [0.717, 1.165) is 12.8 Å². The van der Waals surface area contributed by atoms with E-state index in [9.17, 15) is 10.4 Å². The number of hydroxylamine groups is 4. The predicted molar refractivity (Wildman–Crippen MR) is 51.1 cm³/mol. The molecule has 0 aromatic carbocycles. The Balaban J connectivity index is 1.74. The maximum atomic E-state index is 11.5. The summed E-state index contributed by atoms with van der Waals surface area (Å²) in [5.74, 6) is 0. The molecule has 2 rings (SSSR count). The molecule has 0 saturated carbocycles. The van der Waals surface area contributed by atoms with Gasteiger partial charge in [-0.25, -0.2) is 0 Å². The van der Waals surface area contributed by atoms with Gasteiger partial charge in [0.05, 0.1) is 26.2 Å². The van der Waals surface area contributed by atoms with Crippen LogP contribution in [0.1, 0.15) is 12.8 Å². The van der Waals surface area contributed by atoms with E-state index in [-0.39, 0.29) is 8.10 Å². The minimum Gasteiger partial charge on any atom is -0.619 e. The first-order valence-electron chi connectivity index (χ1n) is 4.16. The first kappa shape index (κ1) is 9.11. The molecule has 0 amide bonds. The quantitative estimate of drug-likeness (QED) is 0.306. The van der Waals surface area contributed by atoms with Crippen molar-refractivity contribution in [2.45, 2.75) is 12.8 Å². The van der Waals surface area contributed by atoms with Crippen molar-refractivity contribution in [2.75, 3.05) is 26.2 Å². The van der Waals surface area contributed by atoms with Gasteiger partial charge < -0.3 is 10.4 Å². The molecule has 2 aliphatic heterocycles. The van der Waals surface area contributed by atoms with E-state index >= 15 is 0 Å². The topological polar surface area (TPSA) is 46.1 Å². The van der Waals surface area contributed by atoms with Crippen molar-refractivity contribution in [3.8, 4) is 0 Å². The third-order valence-corrected chi connectivity index (χ3v) is 5.47. The lowest BCUT2D eigenvalue weighted by Crippen LogP contribution is -2.50. The second-order valence-electron chi connectivity index (χ2n) is 3.38. The van der Waals surface area contributed by atoms with Crippen LogP contribution in [0.3, 0.4) is 0 Å². The lowest BCUT2D eigenvalue weighted by Gasteiger charge is -2.50. The number of rotatable bonds is 3. The lowest BCUT2D eigenvalue weighted by atomic mass is 10.3. The zero-order chi connectivity index (χ0) is 8.66. The Bertz CT molecular complexity index is 162. The Morgan fingerprint density at radius 1 is 0.750 bits per heavy atom. The average Bonchev–Trinajstić information content (AvgIpc) is 1.93. The molecular weight excluding hydrogens is 196 g/mol. The molecule has 0 aromatic rings. The minimum absolute atomic E-state index is 0.215. The van der Waals surface area contributed by atoms with Gasteiger partial charge in [-0.1, -0.05) is 0 Å². The number of hydrogen-bond acceptors (Lipinski definition) is 4. The summed E-state index contributed by atoms with van der Waals surface area (Å²) >= 11 is 0. The summed E-state index contributed by atoms with van der Waals surface area (Å²) in [4.78, 5) is 0. The molecule has 0 aliphatic carbocycles. The van der Waals surface area contributed by atoms with E-state index in [0.29, 0.717) is 26.2 Å². The molecule has 2 fully saturated rings. The average molecular weight is 208 g/mol. The van der Waals surface area contributed by atoms with Crippen molar-refractivity contribution in [2.24, 2.45) is 0 Å². The summed E-state index contributed by atoms with van der Waals surface area (Å²) in [5, 5.41) is 23.0. The molecule has 4 nitrogen and oxygen atoms in total. The second kappa shape index (κ2) is 3.04. The Hall–Kier alpha value is 0.540. The van der Waals surface area contributed by atoms with E-state index in [4.69, 9.17) is 0 Å². The zero-order valence-electron chi connectivity index (χ0n) is 6.77. The van der Waals surface area contributed by atoms with Gasteiger partial charge in [-0.05, 0) is 0 Å². The molecule has 6 heteroatoms. The standard InChI is InChI=1S/C6H12N2O2S2/c9-7(3-1-4-7)11-12-8(10)5-2-6-8/h1-6H2. The molecule has 2 saturated heterocycles. The van der Waals surface area contributed by atoms with E-state index in [1.165, 1.54) is 22.0 Å². The van der Waals surface area contributed by atoms with Gasteiger partial charge in [0.25, 0.3) is 0 Å². The Morgan fingerprint density at radius 3 is 1.25 bits per heavy atom. The van der Waals surface area contributed by atoms with E-state index < -0.39 is 0 Å². The fourth-order valence-corrected chi connectivity index (χ4v) is 3.78. The summed E-state index contributed by atoms with van der Waals surface area (Å²) in [7, 11) is 2.41. The molecule has 0 radical (unpaired) electrons. The van der Waals surface area contributed by atoms with Crippen molar-refractivity contribution >= 4 is 22.0 Å². The maximum absolute atomic E-state index is 11.5. The van der Waals surface area contributed by atoms with Gasteiger partial charge in [-0.15, -0.1) is 0 Å². The molecule has 0 bridgehead atoms. The predicted octanol–water partition coefficient (Wildman–Crippen LogP) is 1.63. The normalized spacial score (nSPS) is 30.5. The van der Waals surface area contributed by atoms with Crippen LogP contribution in [0.25, 0.3) is 0 Å². The van der Waals surface area contributed by atoms with Crippen LogP contribution >= 0.6 is 22.0 Å². The van der Waals surface area contributed by atoms with Gasteiger partial charge in [-0.2, -0.15) is 0 Å². The molecule has 0 aromatic heterocycles. The van der Waals surface area contributed by atoms with Crippen molar-refractivity contribution in [3.63, 3.8) is 0 Å². The maximum Gasteiger partial charge on any atom is 0.211 e. The highest BCUT2D eigenvalue weighted by molar-refractivity contribution is 8.72. The van der Waals surface area contributed by atoms with Gasteiger partial charge in [-0.3, -0.25) is 8.10 Å². The minimum atomic E-state index is -0.215. The van der Waals surface area contributed by atoms with Crippen LogP contribution in [0.5, 0.6) is 0 Å². The molecule has 2 heterocycles. The molecule has 12 heavy (non-hydrogen) atoms. The van der Waals surface area contributed by atoms with Crippen molar-refractivity contribution < 1.29 is 8.10 Å². The Labute approximate surface area is 79.9 Å². The van der Waals surface area contributed by atoms with Crippen LogP contribution in [0.2, 0.25) is 0 Å². The van der Waals surface area contributed by atoms with Gasteiger partial charge in [0, 0.05) is 12.8 Å². The van der Waals surface area contributed by atoms with Gasteiger partial charge in [0.1, 0.15) is 0 Å². The lowest BCUT2D eigenvalue weighted by molar-refractivity contribution is -0.794. The fourth-order valence-electron chi connectivity index (χ4n) is 1.10. The van der Waals surface area contributed by atoms with Crippen LogP contribution in [0.4, 0.5) is 0 Å². The molecular formula is C6H12N2O2S2. The Morgan fingerprint density at radius 2 is 1.08 bits per heavy atom. The summed E-state index contributed by atoms with van der Waals surface area (Å²) in [6.07, 6.45) is 2.02. The molecule has 2 aliphatic rings. The smallest absolute Gasteiger partial charge is 0.211 e. The van der Waals surface area contributed by atoms with Crippen molar-refractivity contribution in [1.29, 1.82) is 0 Å². The first-order valence-corrected chi connectivity index (χ1v) is 6.23. The number of quaternary nitrogens is 2. The number of hydrogen-bond donors (Lipinski definition) is 0. The second-order valence-corrected chi connectivity index (χ2v) is 5.90. The SMILES string of the molecule is [O-][N+]1(SS[N+]2([O-])CCC2)CCC1. The van der Waals surface area contributed by atoms with Crippen LogP contribution < -0.4 is 0 Å². The van der Waals surface area contributed by atoms with Gasteiger partial charge in [0.2, 0.25) is 22.0 Å². The summed E-state index contributed by atoms with van der Waals surface area (Å²) in [5.41, 5.74) is 0. The number of nitrogens with zero attached hydrogens (tertiary/aromatic N) is 2. The molecule has 0 atom stereocenters. The highest BCUT2D eigenvalue weighted by atomic mass is 33.1. The molecule has 0 unspecified atom stereocenters. The third kappa shape index (κ3) is 1.73. The van der Waals surface area contributed by atoms with E-state index in [1.807, 2.05) is 0 Å². The molecule has 70 valence electrons. The van der Waals surface area contributed by atoms with Gasteiger partial charge >= 0.3 is 0 Å².